The van der Waals surface area contributed by atoms with Crippen LogP contribution in [0, 0.1) is 6.92 Å². The highest BCUT2D eigenvalue weighted by Gasteiger charge is 2.48. The molecule has 96 valence electrons. The summed E-state index contributed by atoms with van der Waals surface area (Å²) in [6.45, 7) is 4.24. The van der Waals surface area contributed by atoms with Gasteiger partial charge in [-0.1, -0.05) is 25.1 Å². The Balaban J connectivity index is 1.67. The zero-order valence-corrected chi connectivity index (χ0v) is 10.8. The summed E-state index contributed by atoms with van der Waals surface area (Å²) in [7, 11) is 0. The highest BCUT2D eigenvalue weighted by molar-refractivity contribution is 5.78. The van der Waals surface area contributed by atoms with Crippen molar-refractivity contribution in [3.63, 3.8) is 0 Å². The van der Waals surface area contributed by atoms with E-state index in [1.807, 2.05) is 6.07 Å². The van der Waals surface area contributed by atoms with Gasteiger partial charge in [0.15, 0.2) is 6.10 Å². The fourth-order valence-electron chi connectivity index (χ4n) is 2.21. The third kappa shape index (κ3) is 2.27. The van der Waals surface area contributed by atoms with Gasteiger partial charge in [0.25, 0.3) is 0 Å². The second-order valence-corrected chi connectivity index (χ2v) is 5.15. The lowest BCUT2D eigenvalue weighted by Crippen LogP contribution is -2.13. The second kappa shape index (κ2) is 4.39. The van der Waals surface area contributed by atoms with Gasteiger partial charge in [-0.15, -0.1) is 0 Å². The number of ether oxygens (including phenoxy) is 2. The van der Waals surface area contributed by atoms with Crippen LogP contribution in [0.15, 0.2) is 18.2 Å². The minimum Gasteiger partial charge on any atom is -0.460 e. The molecule has 1 aliphatic heterocycles. The number of aryl methyl sites for hydroxylation is 2. The lowest BCUT2D eigenvalue weighted by atomic mass is 10.0. The molecule has 2 fully saturated rings. The van der Waals surface area contributed by atoms with Crippen LogP contribution >= 0.6 is 0 Å². The topological polar surface area (TPSA) is 38.8 Å². The highest BCUT2D eigenvalue weighted by Crippen LogP contribution is 2.41. The predicted octanol–water partition coefficient (Wildman–Crippen LogP) is 2.70. The van der Waals surface area contributed by atoms with Crippen molar-refractivity contribution < 1.29 is 14.3 Å². The zero-order chi connectivity index (χ0) is 12.7. The maximum atomic E-state index is 11.7. The maximum absolute atomic E-state index is 11.7. The molecule has 2 aliphatic rings. The summed E-state index contributed by atoms with van der Waals surface area (Å²) < 4.78 is 10.7. The van der Waals surface area contributed by atoms with E-state index in [1.54, 1.807) is 0 Å². The van der Waals surface area contributed by atoms with Gasteiger partial charge in [-0.3, -0.25) is 0 Å². The molecule has 1 aliphatic carbocycles. The number of carbonyl (C=O) groups is 1. The third-order valence-electron chi connectivity index (χ3n) is 3.61. The van der Waals surface area contributed by atoms with Crippen LogP contribution in [0.1, 0.15) is 42.6 Å². The molecule has 1 aromatic carbocycles. The van der Waals surface area contributed by atoms with Gasteiger partial charge in [-0.25, -0.2) is 4.79 Å². The van der Waals surface area contributed by atoms with E-state index in [1.165, 1.54) is 11.1 Å². The standard InChI is InChI=1S/C15H18O3/c1-3-10-8-11(5-4-9(10)2)13-14(18-13)15(16)17-12-6-7-12/h4-5,8,12-14H,3,6-7H2,1-2H3. The number of rotatable bonds is 4. The van der Waals surface area contributed by atoms with E-state index >= 15 is 0 Å². The summed E-state index contributed by atoms with van der Waals surface area (Å²) in [6, 6.07) is 6.28. The number of carbonyl (C=O) groups excluding carboxylic acids is 1. The van der Waals surface area contributed by atoms with Crippen molar-refractivity contribution >= 4 is 5.97 Å². The largest absolute Gasteiger partial charge is 0.460 e. The van der Waals surface area contributed by atoms with Crippen molar-refractivity contribution in [2.75, 3.05) is 0 Å². The van der Waals surface area contributed by atoms with Gasteiger partial charge in [0.1, 0.15) is 12.2 Å². The van der Waals surface area contributed by atoms with E-state index in [0.29, 0.717) is 0 Å². The molecule has 3 rings (SSSR count). The number of hydrogen-bond acceptors (Lipinski definition) is 3. The van der Waals surface area contributed by atoms with Crippen LogP contribution in [0.5, 0.6) is 0 Å². The molecule has 0 spiro atoms. The molecule has 2 unspecified atom stereocenters. The van der Waals surface area contributed by atoms with E-state index < -0.39 is 0 Å². The van der Waals surface area contributed by atoms with Gasteiger partial charge in [-0.2, -0.15) is 0 Å². The molecule has 0 amide bonds. The first-order chi connectivity index (χ1) is 8.69. The van der Waals surface area contributed by atoms with E-state index in [-0.39, 0.29) is 24.3 Å². The van der Waals surface area contributed by atoms with E-state index in [0.717, 1.165) is 24.8 Å². The Hall–Kier alpha value is -1.35. The molecule has 3 heteroatoms. The van der Waals surface area contributed by atoms with Gasteiger partial charge in [-0.05, 0) is 42.9 Å². The van der Waals surface area contributed by atoms with Crippen LogP contribution < -0.4 is 0 Å². The SMILES string of the molecule is CCc1cc(C2OC2C(=O)OC2CC2)ccc1C. The highest BCUT2D eigenvalue weighted by atomic mass is 16.6. The molecule has 0 aromatic heterocycles. The monoisotopic (exact) mass is 246 g/mol. The molecule has 1 aromatic rings. The van der Waals surface area contributed by atoms with Gasteiger partial charge in [0.05, 0.1) is 0 Å². The third-order valence-corrected chi connectivity index (χ3v) is 3.61. The molecule has 0 radical (unpaired) electrons. The first kappa shape index (κ1) is 11.7. The average Bonchev–Trinajstić information content (AvgIpc) is 3.23. The number of epoxide rings is 1. The summed E-state index contributed by atoms with van der Waals surface area (Å²) in [5.41, 5.74) is 3.70. The molecule has 1 heterocycles. The molecule has 2 atom stereocenters. The summed E-state index contributed by atoms with van der Waals surface area (Å²) in [4.78, 5) is 11.7. The number of benzene rings is 1. The van der Waals surface area contributed by atoms with Crippen molar-refractivity contribution in [2.45, 2.75) is 51.4 Å². The Bertz CT molecular complexity index is 477. The van der Waals surface area contributed by atoms with Crippen LogP contribution in [0.3, 0.4) is 0 Å². The molecule has 18 heavy (non-hydrogen) atoms. The fraction of sp³-hybridized carbons (Fsp3) is 0.533. The predicted molar refractivity (Wildman–Crippen MR) is 67.3 cm³/mol. The van der Waals surface area contributed by atoms with Gasteiger partial charge < -0.3 is 9.47 Å². The maximum Gasteiger partial charge on any atom is 0.338 e. The first-order valence-electron chi connectivity index (χ1n) is 6.64. The minimum atomic E-state index is -0.377. The van der Waals surface area contributed by atoms with Crippen molar-refractivity contribution in [1.82, 2.24) is 0 Å². The normalized spacial score (nSPS) is 25.9. The van der Waals surface area contributed by atoms with Crippen LogP contribution in [0.4, 0.5) is 0 Å². The van der Waals surface area contributed by atoms with Gasteiger partial charge in [0.2, 0.25) is 0 Å². The average molecular weight is 246 g/mol. The van der Waals surface area contributed by atoms with Crippen LogP contribution in [0.2, 0.25) is 0 Å². The minimum absolute atomic E-state index is 0.0952. The molecular weight excluding hydrogens is 228 g/mol. The Morgan fingerprint density at radius 3 is 2.89 bits per heavy atom. The van der Waals surface area contributed by atoms with Crippen LogP contribution in [-0.4, -0.2) is 18.2 Å². The smallest absolute Gasteiger partial charge is 0.338 e. The fourth-order valence-corrected chi connectivity index (χ4v) is 2.21. The van der Waals surface area contributed by atoms with Crippen molar-refractivity contribution in [3.05, 3.63) is 34.9 Å². The van der Waals surface area contributed by atoms with Gasteiger partial charge >= 0.3 is 5.97 Å². The van der Waals surface area contributed by atoms with E-state index in [9.17, 15) is 4.79 Å². The van der Waals surface area contributed by atoms with Crippen molar-refractivity contribution in [1.29, 1.82) is 0 Å². The molecular formula is C15H18O3. The van der Waals surface area contributed by atoms with Crippen LogP contribution in [-0.2, 0) is 20.7 Å². The number of hydrogen-bond donors (Lipinski definition) is 0. The molecule has 1 saturated carbocycles. The van der Waals surface area contributed by atoms with Crippen molar-refractivity contribution in [3.8, 4) is 0 Å². The Kier molecular flexibility index (Phi) is 2.86. The molecule has 1 saturated heterocycles. The van der Waals surface area contributed by atoms with E-state index in [4.69, 9.17) is 9.47 Å². The summed E-state index contributed by atoms with van der Waals surface area (Å²) >= 11 is 0. The Morgan fingerprint density at radius 2 is 2.22 bits per heavy atom. The van der Waals surface area contributed by atoms with Gasteiger partial charge in [0, 0.05) is 0 Å². The molecule has 3 nitrogen and oxygen atoms in total. The summed E-state index contributed by atoms with van der Waals surface area (Å²) in [5, 5.41) is 0. The lowest BCUT2D eigenvalue weighted by Gasteiger charge is -2.05. The quantitative estimate of drug-likeness (QED) is 0.605. The second-order valence-electron chi connectivity index (χ2n) is 5.15. The van der Waals surface area contributed by atoms with E-state index in [2.05, 4.69) is 26.0 Å². The summed E-state index contributed by atoms with van der Waals surface area (Å²) in [5.74, 6) is -0.193. The lowest BCUT2D eigenvalue weighted by molar-refractivity contribution is -0.146. The number of esters is 1. The van der Waals surface area contributed by atoms with Crippen molar-refractivity contribution in [2.24, 2.45) is 0 Å². The molecule has 0 bridgehead atoms. The first-order valence-corrected chi connectivity index (χ1v) is 6.64. The molecule has 0 N–H and O–H groups in total. The van der Waals surface area contributed by atoms with Crippen LogP contribution in [0.25, 0.3) is 0 Å². The summed E-state index contributed by atoms with van der Waals surface area (Å²) in [6.07, 6.45) is 2.71. The zero-order valence-electron chi connectivity index (χ0n) is 10.8. The Labute approximate surface area is 107 Å². The Morgan fingerprint density at radius 1 is 1.44 bits per heavy atom.